The van der Waals surface area contributed by atoms with Gasteiger partial charge in [-0.25, -0.2) is 4.98 Å². The van der Waals surface area contributed by atoms with Gasteiger partial charge in [0.2, 0.25) is 5.91 Å². The molecule has 6 nitrogen and oxygen atoms in total. The minimum Gasteiger partial charge on any atom is -0.355 e. The van der Waals surface area contributed by atoms with Gasteiger partial charge in [0.1, 0.15) is 5.82 Å². The summed E-state index contributed by atoms with van der Waals surface area (Å²) in [6.07, 6.45) is 10.3. The molecule has 1 atom stereocenters. The van der Waals surface area contributed by atoms with Crippen molar-refractivity contribution in [2.24, 2.45) is 5.92 Å². The van der Waals surface area contributed by atoms with Crippen LogP contribution in [-0.2, 0) is 4.79 Å². The number of carbonyl (C=O) groups is 1. The molecule has 1 aliphatic rings. The van der Waals surface area contributed by atoms with E-state index < -0.39 is 0 Å². The van der Waals surface area contributed by atoms with Gasteiger partial charge >= 0.3 is 0 Å². The van der Waals surface area contributed by atoms with E-state index >= 15 is 0 Å². The van der Waals surface area contributed by atoms with Crippen molar-refractivity contribution in [1.82, 2.24) is 15.0 Å². The van der Waals surface area contributed by atoms with Crippen molar-refractivity contribution < 1.29 is 4.79 Å². The lowest BCUT2D eigenvalue weighted by molar-refractivity contribution is -0.120. The van der Waals surface area contributed by atoms with E-state index in [1.54, 1.807) is 43.1 Å². The number of carbonyl (C=O) groups excluding carboxylic acids is 1. The van der Waals surface area contributed by atoms with Crippen LogP contribution in [0, 0.1) is 5.92 Å². The number of pyridine rings is 1. The number of nitrogens with zero attached hydrogens (tertiary/aromatic N) is 4. The topological polar surface area (TPSA) is 71.0 Å². The predicted molar refractivity (Wildman–Crippen MR) is 79.8 cm³/mol. The molecule has 2 aromatic rings. The fourth-order valence-electron chi connectivity index (χ4n) is 2.53. The first-order chi connectivity index (χ1) is 10.3. The summed E-state index contributed by atoms with van der Waals surface area (Å²) in [6, 6.07) is 3.59. The summed E-state index contributed by atoms with van der Waals surface area (Å²) in [5, 5.41) is 2.94. The maximum Gasteiger partial charge on any atom is 0.229 e. The van der Waals surface area contributed by atoms with Crippen LogP contribution in [0.1, 0.15) is 12.8 Å². The summed E-state index contributed by atoms with van der Waals surface area (Å²) < 4.78 is 0. The van der Waals surface area contributed by atoms with Gasteiger partial charge in [0, 0.05) is 43.6 Å². The maximum atomic E-state index is 12.4. The monoisotopic (exact) mass is 283 g/mol. The Hall–Kier alpha value is -2.50. The fraction of sp³-hybridized carbons (Fsp3) is 0.333. The summed E-state index contributed by atoms with van der Waals surface area (Å²) in [5.74, 6) is 0.850. The van der Waals surface area contributed by atoms with Gasteiger partial charge in [0.25, 0.3) is 0 Å². The third-order valence-corrected chi connectivity index (χ3v) is 3.61. The van der Waals surface area contributed by atoms with Crippen LogP contribution < -0.4 is 10.2 Å². The first-order valence-corrected chi connectivity index (χ1v) is 7.05. The van der Waals surface area contributed by atoms with Crippen molar-refractivity contribution in [1.29, 1.82) is 0 Å². The van der Waals surface area contributed by atoms with E-state index in [1.165, 1.54) is 0 Å². The van der Waals surface area contributed by atoms with Crippen LogP contribution in [0.5, 0.6) is 0 Å². The first kappa shape index (κ1) is 13.5. The molecule has 0 spiro atoms. The second-order valence-electron chi connectivity index (χ2n) is 5.07. The molecule has 1 N–H and O–H groups in total. The molecule has 3 heterocycles. The largest absolute Gasteiger partial charge is 0.355 e. The maximum absolute atomic E-state index is 12.4. The second kappa shape index (κ2) is 6.30. The standard InChI is InChI=1S/C15H17N5O/c21-15(19-13-3-5-16-6-4-13)12-2-1-9-20(11-12)14-10-17-7-8-18-14/h3-8,10,12H,1-2,9,11H2,(H,16,19,21)/t12-/m1/s1. The van der Waals surface area contributed by atoms with E-state index in [0.29, 0.717) is 6.54 Å². The number of nitrogens with one attached hydrogen (secondary N) is 1. The molecule has 1 saturated heterocycles. The SMILES string of the molecule is O=C(Nc1ccncc1)[C@@H]1CCCN(c2cnccn2)C1. The van der Waals surface area contributed by atoms with Gasteiger partial charge in [-0.05, 0) is 25.0 Å². The zero-order chi connectivity index (χ0) is 14.5. The summed E-state index contributed by atoms with van der Waals surface area (Å²) in [5.41, 5.74) is 0.784. The lowest BCUT2D eigenvalue weighted by atomic mass is 9.97. The molecule has 1 aliphatic heterocycles. The number of aromatic nitrogens is 3. The van der Waals surface area contributed by atoms with Gasteiger partial charge in [0.05, 0.1) is 12.1 Å². The molecule has 108 valence electrons. The van der Waals surface area contributed by atoms with E-state index in [0.717, 1.165) is 30.9 Å². The molecule has 1 fully saturated rings. The average molecular weight is 283 g/mol. The molecule has 0 radical (unpaired) electrons. The van der Waals surface area contributed by atoms with E-state index in [9.17, 15) is 4.79 Å². The van der Waals surface area contributed by atoms with E-state index in [4.69, 9.17) is 0 Å². The molecule has 21 heavy (non-hydrogen) atoms. The van der Waals surface area contributed by atoms with Gasteiger partial charge in [-0.2, -0.15) is 0 Å². The molecular formula is C15H17N5O. The highest BCUT2D eigenvalue weighted by atomic mass is 16.1. The molecule has 0 aromatic carbocycles. The highest BCUT2D eigenvalue weighted by Crippen LogP contribution is 2.22. The van der Waals surface area contributed by atoms with Crippen molar-refractivity contribution in [2.75, 3.05) is 23.3 Å². The summed E-state index contributed by atoms with van der Waals surface area (Å²) in [7, 11) is 0. The van der Waals surface area contributed by atoms with Crippen LogP contribution in [0.25, 0.3) is 0 Å². The zero-order valence-electron chi connectivity index (χ0n) is 11.6. The summed E-state index contributed by atoms with van der Waals surface area (Å²) in [6.45, 7) is 1.59. The molecule has 0 unspecified atom stereocenters. The number of amides is 1. The minimum absolute atomic E-state index is 0.0334. The smallest absolute Gasteiger partial charge is 0.229 e. The van der Waals surface area contributed by atoms with Crippen molar-refractivity contribution in [3.63, 3.8) is 0 Å². The number of anilines is 2. The molecule has 0 aliphatic carbocycles. The first-order valence-electron chi connectivity index (χ1n) is 7.05. The number of piperidine rings is 1. The Balaban J connectivity index is 1.64. The van der Waals surface area contributed by atoms with Gasteiger partial charge in [-0.15, -0.1) is 0 Å². The summed E-state index contributed by atoms with van der Waals surface area (Å²) in [4.78, 5) is 26.8. The van der Waals surface area contributed by atoms with Crippen molar-refractivity contribution in [3.05, 3.63) is 43.1 Å². The molecule has 2 aromatic heterocycles. The van der Waals surface area contributed by atoms with Gasteiger partial charge < -0.3 is 10.2 Å². The second-order valence-corrected chi connectivity index (χ2v) is 5.07. The van der Waals surface area contributed by atoms with Crippen LogP contribution in [0.4, 0.5) is 11.5 Å². The number of hydrogen-bond acceptors (Lipinski definition) is 5. The van der Waals surface area contributed by atoms with Crippen LogP contribution in [0.15, 0.2) is 43.1 Å². The van der Waals surface area contributed by atoms with Crippen molar-refractivity contribution >= 4 is 17.4 Å². The Morgan fingerprint density at radius 2 is 2.05 bits per heavy atom. The summed E-state index contributed by atoms with van der Waals surface area (Å²) >= 11 is 0. The predicted octanol–water partition coefficient (Wildman–Crippen LogP) is 1.73. The Morgan fingerprint density at radius 1 is 1.19 bits per heavy atom. The molecule has 6 heteroatoms. The van der Waals surface area contributed by atoms with Crippen LogP contribution in [0.2, 0.25) is 0 Å². The third-order valence-electron chi connectivity index (χ3n) is 3.61. The minimum atomic E-state index is -0.0334. The third kappa shape index (κ3) is 3.34. The average Bonchev–Trinajstić information content (AvgIpc) is 2.57. The normalized spacial score (nSPS) is 18.3. The number of rotatable bonds is 3. The van der Waals surface area contributed by atoms with Gasteiger partial charge in [-0.3, -0.25) is 14.8 Å². The van der Waals surface area contributed by atoms with Crippen LogP contribution in [0.3, 0.4) is 0 Å². The Labute approximate surface area is 123 Å². The zero-order valence-corrected chi connectivity index (χ0v) is 11.6. The highest BCUT2D eigenvalue weighted by molar-refractivity contribution is 5.92. The Morgan fingerprint density at radius 3 is 2.81 bits per heavy atom. The van der Waals surface area contributed by atoms with Crippen LogP contribution in [-0.4, -0.2) is 33.9 Å². The lowest BCUT2D eigenvalue weighted by Crippen LogP contribution is -2.41. The highest BCUT2D eigenvalue weighted by Gasteiger charge is 2.26. The quantitative estimate of drug-likeness (QED) is 0.928. The van der Waals surface area contributed by atoms with Crippen molar-refractivity contribution in [2.45, 2.75) is 12.8 Å². The molecular weight excluding hydrogens is 266 g/mol. The fourth-order valence-corrected chi connectivity index (χ4v) is 2.53. The number of hydrogen-bond donors (Lipinski definition) is 1. The molecule has 0 bridgehead atoms. The Bertz CT molecular complexity index is 590. The lowest BCUT2D eigenvalue weighted by Gasteiger charge is -2.32. The molecule has 3 rings (SSSR count). The Kier molecular flexibility index (Phi) is 4.04. The van der Waals surface area contributed by atoms with E-state index in [2.05, 4.69) is 25.2 Å². The molecule has 1 amide bonds. The van der Waals surface area contributed by atoms with E-state index in [1.807, 2.05) is 0 Å². The van der Waals surface area contributed by atoms with E-state index in [-0.39, 0.29) is 11.8 Å². The van der Waals surface area contributed by atoms with Crippen LogP contribution >= 0.6 is 0 Å². The molecule has 0 saturated carbocycles. The van der Waals surface area contributed by atoms with Gasteiger partial charge in [-0.1, -0.05) is 0 Å². The van der Waals surface area contributed by atoms with Gasteiger partial charge in [0.15, 0.2) is 0 Å². The van der Waals surface area contributed by atoms with Crippen molar-refractivity contribution in [3.8, 4) is 0 Å².